The molecule has 2 amide bonds. The molecular weight excluding hydrogens is 232 g/mol. The lowest BCUT2D eigenvalue weighted by molar-refractivity contribution is -0.124. The zero-order valence-electron chi connectivity index (χ0n) is 10.3. The minimum Gasteiger partial charge on any atom is -0.447 e. The molecule has 0 bridgehead atoms. The first-order valence-electron chi connectivity index (χ1n) is 5.89. The van der Waals surface area contributed by atoms with E-state index in [9.17, 15) is 9.59 Å². The van der Waals surface area contributed by atoms with E-state index in [1.165, 1.54) is 10.5 Å². The van der Waals surface area contributed by atoms with Gasteiger partial charge < -0.3 is 10.1 Å². The van der Waals surface area contributed by atoms with Gasteiger partial charge in [-0.2, -0.15) is 0 Å². The fourth-order valence-electron chi connectivity index (χ4n) is 1.84. The number of carbonyl (C=O) groups excluding carboxylic acids is 2. The number of hydrogen-bond donors (Lipinski definition) is 1. The van der Waals surface area contributed by atoms with Crippen molar-refractivity contribution >= 4 is 12.0 Å². The van der Waals surface area contributed by atoms with Gasteiger partial charge >= 0.3 is 6.09 Å². The summed E-state index contributed by atoms with van der Waals surface area (Å²) >= 11 is 0. The van der Waals surface area contributed by atoms with E-state index < -0.39 is 12.1 Å². The van der Waals surface area contributed by atoms with E-state index in [4.69, 9.17) is 4.74 Å². The van der Waals surface area contributed by atoms with E-state index in [-0.39, 0.29) is 12.5 Å². The number of rotatable bonds is 4. The molecule has 0 unspecified atom stereocenters. The summed E-state index contributed by atoms with van der Waals surface area (Å²) in [5.74, 6) is -0.167. The average Bonchev–Trinajstić information content (AvgIpc) is 2.71. The fourth-order valence-corrected chi connectivity index (χ4v) is 1.84. The number of ether oxygens (including phenoxy) is 1. The van der Waals surface area contributed by atoms with Crippen LogP contribution in [0.3, 0.4) is 0 Å². The van der Waals surface area contributed by atoms with Gasteiger partial charge in [-0.25, -0.2) is 4.79 Å². The van der Waals surface area contributed by atoms with Crippen LogP contribution in [0.25, 0.3) is 0 Å². The van der Waals surface area contributed by atoms with Gasteiger partial charge in [-0.05, 0) is 12.0 Å². The molecule has 5 nitrogen and oxygen atoms in total. The second-order valence-electron chi connectivity index (χ2n) is 4.23. The average molecular weight is 248 g/mol. The Morgan fingerprint density at radius 1 is 1.44 bits per heavy atom. The number of nitrogens with one attached hydrogen (secondary N) is 1. The maximum atomic E-state index is 11.8. The zero-order valence-corrected chi connectivity index (χ0v) is 10.3. The highest BCUT2D eigenvalue weighted by molar-refractivity contribution is 5.87. The maximum absolute atomic E-state index is 11.8. The lowest BCUT2D eigenvalue weighted by atomic mass is 10.1. The Balaban J connectivity index is 1.77. The van der Waals surface area contributed by atoms with Crippen LogP contribution < -0.4 is 5.32 Å². The van der Waals surface area contributed by atoms with Crippen LogP contribution in [0.1, 0.15) is 5.56 Å². The molecule has 1 atom stereocenters. The first-order chi connectivity index (χ1) is 8.68. The monoisotopic (exact) mass is 248 g/mol. The van der Waals surface area contributed by atoms with E-state index in [0.717, 1.165) is 6.42 Å². The molecule has 1 fully saturated rings. The second kappa shape index (κ2) is 5.53. The van der Waals surface area contributed by atoms with Crippen LogP contribution >= 0.6 is 0 Å². The van der Waals surface area contributed by atoms with E-state index in [1.807, 2.05) is 30.3 Å². The molecule has 0 radical (unpaired) electrons. The number of benzene rings is 1. The third kappa shape index (κ3) is 2.80. The summed E-state index contributed by atoms with van der Waals surface area (Å²) in [7, 11) is 1.57. The van der Waals surface area contributed by atoms with Gasteiger partial charge in [0.1, 0.15) is 12.6 Å². The summed E-state index contributed by atoms with van der Waals surface area (Å²) in [5, 5.41) is 2.81. The minimum atomic E-state index is -0.506. The molecule has 5 heteroatoms. The third-order valence-electron chi connectivity index (χ3n) is 2.98. The summed E-state index contributed by atoms with van der Waals surface area (Å²) in [6, 6.07) is 9.41. The topological polar surface area (TPSA) is 58.6 Å². The van der Waals surface area contributed by atoms with Crippen LogP contribution in [0.2, 0.25) is 0 Å². The first kappa shape index (κ1) is 12.4. The first-order valence-corrected chi connectivity index (χ1v) is 5.89. The molecule has 0 aromatic heterocycles. The number of cyclic esters (lactones) is 1. The molecule has 0 saturated carbocycles. The molecule has 1 N–H and O–H groups in total. The molecule has 18 heavy (non-hydrogen) atoms. The van der Waals surface area contributed by atoms with Crippen LogP contribution in [0.15, 0.2) is 30.3 Å². The predicted molar refractivity (Wildman–Crippen MR) is 66.1 cm³/mol. The van der Waals surface area contributed by atoms with Gasteiger partial charge in [0, 0.05) is 13.6 Å². The van der Waals surface area contributed by atoms with Crippen molar-refractivity contribution in [1.82, 2.24) is 10.2 Å². The van der Waals surface area contributed by atoms with Gasteiger partial charge in [-0.1, -0.05) is 30.3 Å². The molecule has 1 saturated heterocycles. The highest BCUT2D eigenvalue weighted by Crippen LogP contribution is 2.09. The number of carbonyl (C=O) groups is 2. The number of nitrogens with zero attached hydrogens (tertiary/aromatic N) is 1. The Hall–Kier alpha value is -2.04. The zero-order chi connectivity index (χ0) is 13.0. The van der Waals surface area contributed by atoms with Gasteiger partial charge in [-0.15, -0.1) is 0 Å². The van der Waals surface area contributed by atoms with Crippen molar-refractivity contribution in [1.29, 1.82) is 0 Å². The SMILES string of the molecule is CN1C(=O)OC[C@H]1C(=O)NCCc1ccccc1. The van der Waals surface area contributed by atoms with Crippen molar-refractivity contribution < 1.29 is 14.3 Å². The van der Waals surface area contributed by atoms with Crippen LogP contribution in [-0.2, 0) is 16.0 Å². The van der Waals surface area contributed by atoms with Crippen molar-refractivity contribution in [2.24, 2.45) is 0 Å². The van der Waals surface area contributed by atoms with Gasteiger partial charge in [0.15, 0.2) is 0 Å². The Morgan fingerprint density at radius 2 is 2.17 bits per heavy atom. The van der Waals surface area contributed by atoms with Crippen molar-refractivity contribution in [3.8, 4) is 0 Å². The quantitative estimate of drug-likeness (QED) is 0.857. The smallest absolute Gasteiger partial charge is 0.410 e. The van der Waals surface area contributed by atoms with Crippen molar-refractivity contribution in [3.05, 3.63) is 35.9 Å². The highest BCUT2D eigenvalue weighted by Gasteiger charge is 2.34. The van der Waals surface area contributed by atoms with E-state index in [0.29, 0.717) is 6.54 Å². The summed E-state index contributed by atoms with van der Waals surface area (Å²) in [4.78, 5) is 24.2. The van der Waals surface area contributed by atoms with Crippen molar-refractivity contribution in [2.75, 3.05) is 20.2 Å². The van der Waals surface area contributed by atoms with Crippen LogP contribution in [0.4, 0.5) is 4.79 Å². The standard InChI is InChI=1S/C13H16N2O3/c1-15-11(9-18-13(15)17)12(16)14-8-7-10-5-3-2-4-6-10/h2-6,11H,7-9H2,1H3,(H,14,16)/t11-/m0/s1. The van der Waals surface area contributed by atoms with Crippen molar-refractivity contribution in [3.63, 3.8) is 0 Å². The molecule has 2 rings (SSSR count). The Morgan fingerprint density at radius 3 is 2.78 bits per heavy atom. The number of amides is 2. The Labute approximate surface area is 106 Å². The lowest BCUT2D eigenvalue weighted by Gasteiger charge is -2.15. The summed E-state index contributed by atoms with van der Waals surface area (Å²) < 4.78 is 4.79. The Bertz CT molecular complexity index is 433. The van der Waals surface area contributed by atoms with Gasteiger partial charge in [-0.3, -0.25) is 9.69 Å². The molecule has 0 aliphatic carbocycles. The third-order valence-corrected chi connectivity index (χ3v) is 2.98. The van der Waals surface area contributed by atoms with E-state index in [1.54, 1.807) is 7.05 Å². The molecule has 1 heterocycles. The molecule has 1 aromatic carbocycles. The maximum Gasteiger partial charge on any atom is 0.410 e. The van der Waals surface area contributed by atoms with E-state index in [2.05, 4.69) is 5.32 Å². The summed E-state index contributed by atoms with van der Waals surface area (Å²) in [5.41, 5.74) is 1.17. The molecule has 96 valence electrons. The van der Waals surface area contributed by atoms with E-state index >= 15 is 0 Å². The van der Waals surface area contributed by atoms with Gasteiger partial charge in [0.05, 0.1) is 0 Å². The molecule has 0 spiro atoms. The largest absolute Gasteiger partial charge is 0.447 e. The molecule has 1 aromatic rings. The number of likely N-dealkylation sites (N-methyl/N-ethyl adjacent to an activating group) is 1. The second-order valence-corrected chi connectivity index (χ2v) is 4.23. The summed E-state index contributed by atoms with van der Waals surface area (Å²) in [6.07, 6.45) is 0.330. The van der Waals surface area contributed by atoms with Crippen LogP contribution in [0, 0.1) is 0 Å². The minimum absolute atomic E-state index is 0.131. The number of hydrogen-bond acceptors (Lipinski definition) is 3. The van der Waals surface area contributed by atoms with Crippen LogP contribution in [0.5, 0.6) is 0 Å². The summed E-state index contributed by atoms with van der Waals surface area (Å²) in [6.45, 7) is 0.688. The molecule has 1 aliphatic rings. The predicted octanol–water partition coefficient (Wildman–Crippen LogP) is 0.796. The van der Waals surface area contributed by atoms with Crippen molar-refractivity contribution in [2.45, 2.75) is 12.5 Å². The Kier molecular flexibility index (Phi) is 3.82. The highest BCUT2D eigenvalue weighted by atomic mass is 16.6. The normalized spacial score (nSPS) is 18.6. The van der Waals surface area contributed by atoms with Gasteiger partial charge in [0.2, 0.25) is 5.91 Å². The molecule has 1 aliphatic heterocycles. The molecular formula is C13H16N2O3. The fraction of sp³-hybridized carbons (Fsp3) is 0.385. The van der Waals surface area contributed by atoms with Crippen LogP contribution in [-0.4, -0.2) is 43.1 Å². The lowest BCUT2D eigenvalue weighted by Crippen LogP contribution is -2.44. The van der Waals surface area contributed by atoms with Gasteiger partial charge in [0.25, 0.3) is 0 Å².